The van der Waals surface area contributed by atoms with Crippen LogP contribution in [0.2, 0.25) is 0 Å². The number of piperazine rings is 1. The van der Waals surface area contributed by atoms with Gasteiger partial charge in [-0.05, 0) is 44.4 Å². The van der Waals surface area contributed by atoms with Gasteiger partial charge in [-0.15, -0.1) is 24.0 Å². The highest BCUT2D eigenvalue weighted by molar-refractivity contribution is 14.0. The van der Waals surface area contributed by atoms with E-state index in [1.165, 1.54) is 12.8 Å². The van der Waals surface area contributed by atoms with Gasteiger partial charge in [-0.25, -0.2) is 0 Å². The number of likely N-dealkylation sites (tertiary alicyclic amines) is 1. The van der Waals surface area contributed by atoms with E-state index in [1.807, 2.05) is 0 Å². The Bertz CT molecular complexity index is 526. The van der Waals surface area contributed by atoms with Crippen molar-refractivity contribution in [1.82, 2.24) is 20.0 Å². The summed E-state index contributed by atoms with van der Waals surface area (Å²) in [6.45, 7) is 14.3. The number of guanidine groups is 1. The number of aliphatic hydroxyl groups excluding tert-OH is 1. The maximum atomic E-state index is 12.7. The maximum Gasteiger partial charge on any atom is 0.236 e. The van der Waals surface area contributed by atoms with Crippen LogP contribution in [0.15, 0.2) is 4.99 Å². The van der Waals surface area contributed by atoms with Crippen molar-refractivity contribution in [3.8, 4) is 0 Å². The molecule has 0 aromatic heterocycles. The van der Waals surface area contributed by atoms with Crippen molar-refractivity contribution >= 4 is 35.8 Å². The number of carbonyl (C=O) groups is 1. The predicted octanol–water partition coefficient (Wildman–Crippen LogP) is 2.78. The van der Waals surface area contributed by atoms with Crippen LogP contribution in [0.3, 0.4) is 0 Å². The molecule has 2 N–H and O–H groups in total. The number of nitrogens with zero attached hydrogens (tertiary/aromatic N) is 4. The highest BCUT2D eigenvalue weighted by Crippen LogP contribution is 2.30. The molecule has 2 fully saturated rings. The van der Waals surface area contributed by atoms with Crippen LogP contribution in [0.5, 0.6) is 0 Å². The topological polar surface area (TPSA) is 71.4 Å². The lowest BCUT2D eigenvalue weighted by Crippen LogP contribution is -2.54. The lowest BCUT2D eigenvalue weighted by molar-refractivity contribution is -0.132. The van der Waals surface area contributed by atoms with E-state index in [1.54, 1.807) is 0 Å². The Kier molecular flexibility index (Phi) is 14.0. The van der Waals surface area contributed by atoms with E-state index in [0.29, 0.717) is 12.5 Å². The second kappa shape index (κ2) is 15.3. The van der Waals surface area contributed by atoms with Crippen LogP contribution in [0.4, 0.5) is 0 Å². The molecule has 8 heteroatoms. The summed E-state index contributed by atoms with van der Waals surface area (Å²) in [4.78, 5) is 24.3. The van der Waals surface area contributed by atoms with Crippen molar-refractivity contribution in [2.24, 2.45) is 10.4 Å². The van der Waals surface area contributed by atoms with Gasteiger partial charge in [0.1, 0.15) is 0 Å². The second-order valence-corrected chi connectivity index (χ2v) is 8.91. The molecule has 0 aromatic carbocycles. The zero-order valence-electron chi connectivity index (χ0n) is 20.1. The molecular weight excluding hydrogens is 505 g/mol. The Morgan fingerprint density at radius 3 is 2.06 bits per heavy atom. The number of hydrogen-bond acceptors (Lipinski definition) is 4. The quantitative estimate of drug-likeness (QED) is 0.262. The number of carbonyl (C=O) groups excluding carboxylic acids is 1. The van der Waals surface area contributed by atoms with Gasteiger partial charge in [-0.1, -0.05) is 26.7 Å². The zero-order chi connectivity index (χ0) is 21.8. The third-order valence-electron chi connectivity index (χ3n) is 7.03. The summed E-state index contributed by atoms with van der Waals surface area (Å²) in [6.07, 6.45) is 7.66. The lowest BCUT2D eigenvalue weighted by Gasteiger charge is -2.37. The smallest absolute Gasteiger partial charge is 0.236 e. The Balaban J connectivity index is 0.00000480. The van der Waals surface area contributed by atoms with Crippen LogP contribution in [-0.4, -0.2) is 97.2 Å². The summed E-state index contributed by atoms with van der Waals surface area (Å²) in [7, 11) is 0. The predicted molar refractivity (Wildman–Crippen MR) is 139 cm³/mol. The van der Waals surface area contributed by atoms with E-state index >= 15 is 0 Å². The monoisotopic (exact) mass is 551 g/mol. The van der Waals surface area contributed by atoms with Crippen molar-refractivity contribution in [2.45, 2.75) is 65.7 Å². The van der Waals surface area contributed by atoms with Gasteiger partial charge >= 0.3 is 0 Å². The molecule has 182 valence electrons. The number of nitrogens with one attached hydrogen (secondary N) is 1. The van der Waals surface area contributed by atoms with Gasteiger partial charge in [0, 0.05) is 59.0 Å². The number of halogens is 1. The molecular formula is C23H46IN5O2. The zero-order valence-corrected chi connectivity index (χ0v) is 22.4. The highest BCUT2D eigenvalue weighted by Gasteiger charge is 2.27. The van der Waals surface area contributed by atoms with Crippen LogP contribution >= 0.6 is 24.0 Å². The van der Waals surface area contributed by atoms with Crippen molar-refractivity contribution in [3.63, 3.8) is 0 Å². The third kappa shape index (κ3) is 9.04. The summed E-state index contributed by atoms with van der Waals surface area (Å²) >= 11 is 0. The number of rotatable bonds is 9. The summed E-state index contributed by atoms with van der Waals surface area (Å²) in [5.41, 5.74) is 0.0802. The van der Waals surface area contributed by atoms with E-state index in [-0.39, 0.29) is 36.0 Å². The SMILES string of the molecule is CCNC(=NCC(CC)(CC)CCO)N1CCN(CC(=O)N2CCCCCC2)CC1.I. The highest BCUT2D eigenvalue weighted by atomic mass is 127. The standard InChI is InChI=1S/C23H45N5O2.HI/c1-4-23(5-2,11-18-29)20-25-22(24-6-3)28-16-14-26(15-17-28)19-21(30)27-12-9-7-8-10-13-27;/h29H,4-20H2,1-3H3,(H,24,25);1H. The largest absolute Gasteiger partial charge is 0.396 e. The maximum absolute atomic E-state index is 12.7. The first-order valence-corrected chi connectivity index (χ1v) is 12.2. The van der Waals surface area contributed by atoms with E-state index in [0.717, 1.165) is 90.4 Å². The minimum Gasteiger partial charge on any atom is -0.396 e. The molecule has 0 radical (unpaired) electrons. The third-order valence-corrected chi connectivity index (χ3v) is 7.03. The Morgan fingerprint density at radius 1 is 0.935 bits per heavy atom. The fraction of sp³-hybridized carbons (Fsp3) is 0.913. The molecule has 7 nitrogen and oxygen atoms in total. The minimum atomic E-state index is 0. The molecule has 0 saturated carbocycles. The number of hydrogen-bond donors (Lipinski definition) is 2. The average molecular weight is 552 g/mol. The number of aliphatic imine (C=N–C) groups is 1. The molecule has 2 heterocycles. The molecule has 2 saturated heterocycles. The molecule has 2 aliphatic rings. The normalized spacial score (nSPS) is 19.0. The van der Waals surface area contributed by atoms with Gasteiger partial charge < -0.3 is 20.2 Å². The summed E-state index contributed by atoms with van der Waals surface area (Å²) in [5, 5.41) is 12.9. The summed E-state index contributed by atoms with van der Waals surface area (Å²) in [5.74, 6) is 1.27. The average Bonchev–Trinajstić information content (AvgIpc) is 3.06. The molecule has 1 amide bonds. The van der Waals surface area contributed by atoms with Crippen molar-refractivity contribution in [1.29, 1.82) is 0 Å². The first-order chi connectivity index (χ1) is 14.6. The van der Waals surface area contributed by atoms with Gasteiger partial charge in [0.2, 0.25) is 5.91 Å². The second-order valence-electron chi connectivity index (χ2n) is 8.91. The van der Waals surface area contributed by atoms with Crippen LogP contribution < -0.4 is 5.32 Å². The fourth-order valence-electron chi connectivity index (χ4n) is 4.54. The van der Waals surface area contributed by atoms with E-state index < -0.39 is 0 Å². The first kappa shape index (κ1) is 28.4. The van der Waals surface area contributed by atoms with Crippen molar-refractivity contribution in [3.05, 3.63) is 0 Å². The Labute approximate surface area is 207 Å². The molecule has 0 aromatic rings. The molecule has 0 spiro atoms. The van der Waals surface area contributed by atoms with Crippen molar-refractivity contribution in [2.75, 3.05) is 65.5 Å². The lowest BCUT2D eigenvalue weighted by atomic mass is 9.79. The number of aliphatic hydroxyl groups is 1. The molecule has 2 rings (SSSR count). The van der Waals surface area contributed by atoms with Gasteiger partial charge in [0.25, 0.3) is 0 Å². The Morgan fingerprint density at radius 2 is 1.55 bits per heavy atom. The fourth-order valence-corrected chi connectivity index (χ4v) is 4.54. The van der Waals surface area contributed by atoms with Crippen LogP contribution in [-0.2, 0) is 4.79 Å². The molecule has 2 aliphatic heterocycles. The Hall–Kier alpha value is -0.610. The van der Waals surface area contributed by atoms with Gasteiger partial charge in [0.05, 0.1) is 6.54 Å². The van der Waals surface area contributed by atoms with Crippen LogP contribution in [0, 0.1) is 5.41 Å². The molecule has 0 bridgehead atoms. The molecule has 0 atom stereocenters. The molecule has 31 heavy (non-hydrogen) atoms. The molecule has 0 aliphatic carbocycles. The number of amides is 1. The van der Waals surface area contributed by atoms with Crippen LogP contribution in [0.1, 0.15) is 65.7 Å². The summed E-state index contributed by atoms with van der Waals surface area (Å²) < 4.78 is 0. The van der Waals surface area contributed by atoms with Gasteiger partial charge in [-0.3, -0.25) is 14.7 Å². The van der Waals surface area contributed by atoms with E-state index in [4.69, 9.17) is 4.99 Å². The first-order valence-electron chi connectivity index (χ1n) is 12.2. The van der Waals surface area contributed by atoms with Gasteiger partial charge in [0.15, 0.2) is 5.96 Å². The van der Waals surface area contributed by atoms with E-state index in [9.17, 15) is 9.90 Å². The van der Waals surface area contributed by atoms with Gasteiger partial charge in [-0.2, -0.15) is 0 Å². The van der Waals surface area contributed by atoms with E-state index in [2.05, 4.69) is 40.8 Å². The van der Waals surface area contributed by atoms with Crippen molar-refractivity contribution < 1.29 is 9.90 Å². The van der Waals surface area contributed by atoms with Crippen LogP contribution in [0.25, 0.3) is 0 Å². The minimum absolute atomic E-state index is 0. The summed E-state index contributed by atoms with van der Waals surface area (Å²) in [6, 6.07) is 0. The molecule has 0 unspecified atom stereocenters.